The van der Waals surface area contributed by atoms with E-state index in [0.29, 0.717) is 17.5 Å². The van der Waals surface area contributed by atoms with E-state index >= 15 is 0 Å². The van der Waals surface area contributed by atoms with Gasteiger partial charge in [-0.2, -0.15) is 0 Å². The van der Waals surface area contributed by atoms with Crippen LogP contribution in [0.5, 0.6) is 0 Å². The van der Waals surface area contributed by atoms with Crippen molar-refractivity contribution in [2.75, 3.05) is 0 Å². The van der Waals surface area contributed by atoms with Crippen molar-refractivity contribution in [2.24, 2.45) is 28.9 Å². The molecule has 4 bridgehead atoms. The Hall–Kier alpha value is -1.67. The lowest BCUT2D eigenvalue weighted by atomic mass is 9.48. The van der Waals surface area contributed by atoms with Crippen LogP contribution in [-0.2, 0) is 16.1 Å². The Bertz CT molecular complexity index is 917. The summed E-state index contributed by atoms with van der Waals surface area (Å²) < 4.78 is 1.95. The molecule has 4 aliphatic rings. The molecule has 2 N–H and O–H groups in total. The summed E-state index contributed by atoms with van der Waals surface area (Å²) in [4.78, 5) is 26.1. The van der Waals surface area contributed by atoms with Crippen LogP contribution in [0, 0.1) is 23.2 Å². The summed E-state index contributed by atoms with van der Waals surface area (Å²) in [6.45, 7) is 2.44. The fraction of sp³-hybridized carbons (Fsp3) is 0.636. The first-order valence-electron chi connectivity index (χ1n) is 10.9. The molecule has 4 fully saturated rings. The summed E-state index contributed by atoms with van der Waals surface area (Å²) in [7, 11) is 0. The van der Waals surface area contributed by atoms with Crippen molar-refractivity contribution in [3.63, 3.8) is 0 Å². The van der Waals surface area contributed by atoms with Crippen molar-refractivity contribution < 1.29 is 9.59 Å². The predicted octanol–water partition coefficient (Wildman–Crippen LogP) is 4.15. The number of nitrogens with two attached hydrogens (primary N) is 1. The molecule has 6 rings (SSSR count). The van der Waals surface area contributed by atoms with Crippen molar-refractivity contribution in [2.45, 2.75) is 68.8 Å². The first kappa shape index (κ1) is 20.2. The van der Waals surface area contributed by atoms with E-state index in [1.165, 1.54) is 31.0 Å². The molecule has 0 spiro atoms. The Morgan fingerprint density at radius 1 is 1.23 bits per heavy atom. The molecule has 1 atom stereocenters. The molecule has 2 aromatic heterocycles. The quantitative estimate of drug-likeness (QED) is 0.618. The van der Waals surface area contributed by atoms with E-state index in [0.717, 1.165) is 47.7 Å². The maximum absolute atomic E-state index is 13.7. The third-order valence-electron chi connectivity index (χ3n) is 7.25. The number of Topliss-reactive ketones (excluding diaryl/α,β-unsaturated/α-hetero) is 1. The third-order valence-corrected chi connectivity index (χ3v) is 9.20. The number of aromatic nitrogens is 3. The van der Waals surface area contributed by atoms with Gasteiger partial charge in [0.1, 0.15) is 0 Å². The highest BCUT2D eigenvalue weighted by molar-refractivity contribution is 8.00. The zero-order valence-corrected chi connectivity index (χ0v) is 18.9. The second-order valence-electron chi connectivity index (χ2n) is 9.47. The first-order chi connectivity index (χ1) is 14.4. The van der Waals surface area contributed by atoms with Crippen LogP contribution in [0.2, 0.25) is 0 Å². The number of nitrogens with zero attached hydrogens (tertiary/aromatic N) is 3. The number of amides is 1. The van der Waals surface area contributed by atoms with Crippen LogP contribution >= 0.6 is 23.1 Å². The van der Waals surface area contributed by atoms with Crippen molar-refractivity contribution in [3.8, 4) is 10.7 Å². The van der Waals surface area contributed by atoms with Gasteiger partial charge in [-0.3, -0.25) is 9.59 Å². The minimum atomic E-state index is -0.352. The molecule has 0 aliphatic heterocycles. The smallest absolute Gasteiger partial charge is 0.219 e. The number of carbonyl (C=O) groups is 2. The molecule has 1 amide bonds. The molecule has 0 radical (unpaired) electrons. The minimum Gasteiger partial charge on any atom is -0.370 e. The molecule has 4 saturated carbocycles. The van der Waals surface area contributed by atoms with Crippen molar-refractivity contribution in [3.05, 3.63) is 17.5 Å². The number of hydrogen-bond donors (Lipinski definition) is 1. The standard InChI is InChI=1S/C22H28N4O2S2/c1-13(19(28)22-10-14-7-15(11-22)9-16(8-14)12-22)30-21-25-24-20(17-3-2-6-29-17)26(21)5-4-18(23)27/h2-3,6,13-16H,4-5,7-12H2,1H3,(H2,23,27). The highest BCUT2D eigenvalue weighted by Crippen LogP contribution is 2.61. The van der Waals surface area contributed by atoms with E-state index in [1.807, 2.05) is 29.0 Å². The monoisotopic (exact) mass is 444 g/mol. The molecule has 4 aliphatic carbocycles. The molecule has 0 aromatic carbocycles. The molecule has 30 heavy (non-hydrogen) atoms. The number of ketones is 1. The molecular weight excluding hydrogens is 416 g/mol. The topological polar surface area (TPSA) is 90.9 Å². The van der Waals surface area contributed by atoms with Gasteiger partial charge in [0.15, 0.2) is 16.8 Å². The molecule has 0 saturated heterocycles. The Balaban J connectivity index is 1.37. The van der Waals surface area contributed by atoms with Crippen LogP contribution in [0.4, 0.5) is 0 Å². The van der Waals surface area contributed by atoms with Crippen LogP contribution in [0.1, 0.15) is 51.9 Å². The molecule has 2 heterocycles. The minimum absolute atomic E-state index is 0.115. The second kappa shape index (κ2) is 7.79. The molecule has 8 heteroatoms. The average molecular weight is 445 g/mol. The van der Waals surface area contributed by atoms with Gasteiger partial charge < -0.3 is 10.3 Å². The van der Waals surface area contributed by atoms with Crippen LogP contribution in [0.15, 0.2) is 22.7 Å². The number of carbonyl (C=O) groups excluding carboxylic acids is 2. The van der Waals surface area contributed by atoms with E-state index in [-0.39, 0.29) is 23.0 Å². The summed E-state index contributed by atoms with van der Waals surface area (Å²) in [5, 5.41) is 11.3. The van der Waals surface area contributed by atoms with Gasteiger partial charge in [0.2, 0.25) is 5.91 Å². The van der Waals surface area contributed by atoms with E-state index in [4.69, 9.17) is 5.73 Å². The normalized spacial score (nSPS) is 30.5. The fourth-order valence-electron chi connectivity index (χ4n) is 6.44. The molecule has 6 nitrogen and oxygen atoms in total. The van der Waals surface area contributed by atoms with E-state index < -0.39 is 0 Å². The first-order valence-corrected chi connectivity index (χ1v) is 12.7. The summed E-state index contributed by atoms with van der Waals surface area (Å²) in [6.07, 6.45) is 7.47. The van der Waals surface area contributed by atoms with E-state index in [9.17, 15) is 9.59 Å². The number of primary amides is 1. The maximum Gasteiger partial charge on any atom is 0.219 e. The van der Waals surface area contributed by atoms with Crippen molar-refractivity contribution in [1.82, 2.24) is 14.8 Å². The van der Waals surface area contributed by atoms with Gasteiger partial charge in [0.25, 0.3) is 0 Å². The van der Waals surface area contributed by atoms with Gasteiger partial charge in [-0.05, 0) is 74.6 Å². The molecular formula is C22H28N4O2S2. The highest BCUT2D eigenvalue weighted by Gasteiger charge is 2.55. The van der Waals surface area contributed by atoms with Gasteiger partial charge in [-0.15, -0.1) is 21.5 Å². The summed E-state index contributed by atoms with van der Waals surface area (Å²) in [6, 6.07) is 3.97. The fourth-order valence-corrected chi connectivity index (χ4v) is 8.23. The molecule has 1 unspecified atom stereocenters. The van der Waals surface area contributed by atoms with Gasteiger partial charge in [0, 0.05) is 18.4 Å². The zero-order valence-electron chi connectivity index (χ0n) is 17.3. The number of hydrogen-bond acceptors (Lipinski definition) is 6. The zero-order chi connectivity index (χ0) is 20.9. The van der Waals surface area contributed by atoms with Crippen LogP contribution < -0.4 is 5.73 Å². The van der Waals surface area contributed by atoms with Gasteiger partial charge >= 0.3 is 0 Å². The lowest BCUT2D eigenvalue weighted by molar-refractivity contribution is -0.143. The average Bonchev–Trinajstić information content (AvgIpc) is 3.34. The molecule has 2 aromatic rings. The Labute approximate surface area is 185 Å². The summed E-state index contributed by atoms with van der Waals surface area (Å²) in [5.41, 5.74) is 5.28. The predicted molar refractivity (Wildman–Crippen MR) is 118 cm³/mol. The van der Waals surface area contributed by atoms with E-state index in [1.54, 1.807) is 11.3 Å². The van der Waals surface area contributed by atoms with Crippen molar-refractivity contribution in [1.29, 1.82) is 0 Å². The highest BCUT2D eigenvalue weighted by atomic mass is 32.2. The molecule has 160 valence electrons. The van der Waals surface area contributed by atoms with Gasteiger partial charge in [0.05, 0.1) is 10.1 Å². The lowest BCUT2D eigenvalue weighted by Gasteiger charge is -2.56. The Kier molecular flexibility index (Phi) is 5.25. The number of thioether (sulfide) groups is 1. The van der Waals surface area contributed by atoms with Crippen LogP contribution in [-0.4, -0.2) is 31.7 Å². The lowest BCUT2D eigenvalue weighted by Crippen LogP contribution is -2.51. The number of rotatable bonds is 8. The summed E-state index contributed by atoms with van der Waals surface area (Å²) >= 11 is 3.08. The maximum atomic E-state index is 13.7. The van der Waals surface area contributed by atoms with E-state index in [2.05, 4.69) is 10.2 Å². The number of thiophene rings is 1. The third kappa shape index (κ3) is 3.62. The second-order valence-corrected chi connectivity index (χ2v) is 11.7. The van der Waals surface area contributed by atoms with Crippen LogP contribution in [0.3, 0.4) is 0 Å². The van der Waals surface area contributed by atoms with Gasteiger partial charge in [-0.1, -0.05) is 17.8 Å². The summed E-state index contributed by atoms with van der Waals surface area (Å²) in [5.74, 6) is 3.04. The SMILES string of the molecule is CC(Sc1nnc(-c2cccs2)n1CCC(N)=O)C(=O)C12CC3CC(CC(C3)C1)C2. The van der Waals surface area contributed by atoms with Crippen molar-refractivity contribution >= 4 is 34.8 Å². The largest absolute Gasteiger partial charge is 0.370 e. The Morgan fingerprint density at radius 3 is 2.47 bits per heavy atom. The van der Waals surface area contributed by atoms with Gasteiger partial charge in [-0.25, -0.2) is 0 Å². The van der Waals surface area contributed by atoms with Crippen LogP contribution in [0.25, 0.3) is 10.7 Å². The Morgan fingerprint density at radius 2 is 1.90 bits per heavy atom.